The van der Waals surface area contributed by atoms with Crippen molar-refractivity contribution in [2.24, 2.45) is 5.92 Å². The van der Waals surface area contributed by atoms with Crippen molar-refractivity contribution in [2.45, 2.75) is 13.8 Å². The highest BCUT2D eigenvalue weighted by Gasteiger charge is 2.19. The van der Waals surface area contributed by atoms with Crippen molar-refractivity contribution in [3.63, 3.8) is 0 Å². The highest BCUT2D eigenvalue weighted by atomic mass is 16.5. The normalized spacial score (nSPS) is 11.6. The standard InChI is InChI=1S/C16H23NO4/c1-11(2)9-17(10-12(3)16(18)19)14-7-6-13(20-4)8-15(14)21-5/h6-8,12H,1,9-10H2,2-5H3,(H,18,19). The molecule has 0 aliphatic carbocycles. The van der Waals surface area contributed by atoms with Crippen LogP contribution in [0.4, 0.5) is 5.69 Å². The number of anilines is 1. The molecule has 5 nitrogen and oxygen atoms in total. The minimum Gasteiger partial charge on any atom is -0.497 e. The van der Waals surface area contributed by atoms with Gasteiger partial charge in [0, 0.05) is 19.2 Å². The third-order valence-corrected chi connectivity index (χ3v) is 3.10. The maximum absolute atomic E-state index is 11.1. The lowest BCUT2D eigenvalue weighted by Crippen LogP contribution is -2.33. The van der Waals surface area contributed by atoms with Crippen molar-refractivity contribution >= 4 is 11.7 Å². The van der Waals surface area contributed by atoms with Crippen LogP contribution in [0.2, 0.25) is 0 Å². The fourth-order valence-electron chi connectivity index (χ4n) is 2.03. The van der Waals surface area contributed by atoms with Gasteiger partial charge in [0.15, 0.2) is 0 Å². The van der Waals surface area contributed by atoms with E-state index < -0.39 is 11.9 Å². The van der Waals surface area contributed by atoms with E-state index >= 15 is 0 Å². The Kier molecular flexibility index (Phi) is 6.09. The van der Waals surface area contributed by atoms with Gasteiger partial charge in [-0.15, -0.1) is 0 Å². The molecular formula is C16H23NO4. The SMILES string of the molecule is C=C(C)CN(CC(C)C(=O)O)c1ccc(OC)cc1OC. The summed E-state index contributed by atoms with van der Waals surface area (Å²) in [6.45, 7) is 8.45. The number of benzene rings is 1. The van der Waals surface area contributed by atoms with Gasteiger partial charge in [0.05, 0.1) is 25.8 Å². The van der Waals surface area contributed by atoms with Crippen molar-refractivity contribution in [3.8, 4) is 11.5 Å². The Hall–Kier alpha value is -2.17. The Morgan fingerprint density at radius 2 is 2.05 bits per heavy atom. The molecule has 0 fully saturated rings. The van der Waals surface area contributed by atoms with Crippen molar-refractivity contribution in [1.82, 2.24) is 0 Å². The second-order valence-electron chi connectivity index (χ2n) is 5.11. The molecule has 0 heterocycles. The lowest BCUT2D eigenvalue weighted by atomic mass is 10.1. The summed E-state index contributed by atoms with van der Waals surface area (Å²) in [5.74, 6) is 0.0238. The molecule has 1 atom stereocenters. The van der Waals surface area contributed by atoms with E-state index in [-0.39, 0.29) is 0 Å². The number of carboxylic acid groups (broad SMARTS) is 1. The zero-order chi connectivity index (χ0) is 16.0. The number of hydrogen-bond acceptors (Lipinski definition) is 4. The van der Waals surface area contributed by atoms with Gasteiger partial charge >= 0.3 is 5.97 Å². The summed E-state index contributed by atoms with van der Waals surface area (Å²) in [7, 11) is 3.17. The van der Waals surface area contributed by atoms with E-state index in [4.69, 9.17) is 14.6 Å². The van der Waals surface area contributed by atoms with Crippen LogP contribution >= 0.6 is 0 Å². The summed E-state index contributed by atoms with van der Waals surface area (Å²) in [6, 6.07) is 5.48. The molecule has 0 aromatic heterocycles. The summed E-state index contributed by atoms with van der Waals surface area (Å²) in [5, 5.41) is 9.12. The van der Waals surface area contributed by atoms with Crippen molar-refractivity contribution < 1.29 is 19.4 Å². The summed E-state index contributed by atoms with van der Waals surface area (Å²) < 4.78 is 10.6. The number of methoxy groups -OCH3 is 2. The number of rotatable bonds is 8. The Bertz CT molecular complexity index is 513. The van der Waals surface area contributed by atoms with Gasteiger partial charge in [-0.2, -0.15) is 0 Å². The summed E-state index contributed by atoms with van der Waals surface area (Å²) in [6.07, 6.45) is 0. The third-order valence-electron chi connectivity index (χ3n) is 3.10. The molecule has 0 amide bonds. The van der Waals surface area contributed by atoms with Crippen LogP contribution in [-0.2, 0) is 4.79 Å². The van der Waals surface area contributed by atoms with Crippen LogP contribution in [0.5, 0.6) is 11.5 Å². The molecule has 0 saturated heterocycles. The third kappa shape index (κ3) is 4.70. The molecule has 5 heteroatoms. The molecule has 0 saturated carbocycles. The lowest BCUT2D eigenvalue weighted by Gasteiger charge is -2.28. The minimum atomic E-state index is -0.825. The minimum absolute atomic E-state index is 0.380. The Morgan fingerprint density at radius 1 is 1.38 bits per heavy atom. The number of aliphatic carboxylic acids is 1. The first kappa shape index (κ1) is 16.9. The van der Waals surface area contributed by atoms with E-state index in [9.17, 15) is 4.79 Å². The first-order chi connectivity index (χ1) is 9.88. The number of nitrogens with zero attached hydrogens (tertiary/aromatic N) is 1. The van der Waals surface area contributed by atoms with Crippen LogP contribution in [0.1, 0.15) is 13.8 Å². The summed E-state index contributed by atoms with van der Waals surface area (Å²) in [4.78, 5) is 13.1. The van der Waals surface area contributed by atoms with E-state index in [2.05, 4.69) is 6.58 Å². The number of ether oxygens (including phenoxy) is 2. The van der Waals surface area contributed by atoms with E-state index in [0.29, 0.717) is 24.6 Å². The zero-order valence-corrected chi connectivity index (χ0v) is 13.0. The Balaban J connectivity index is 3.12. The zero-order valence-electron chi connectivity index (χ0n) is 13.0. The lowest BCUT2D eigenvalue weighted by molar-refractivity contribution is -0.140. The monoisotopic (exact) mass is 293 g/mol. The molecule has 0 aliphatic rings. The quantitative estimate of drug-likeness (QED) is 0.747. The van der Waals surface area contributed by atoms with E-state index in [0.717, 1.165) is 11.3 Å². The first-order valence-electron chi connectivity index (χ1n) is 6.73. The van der Waals surface area contributed by atoms with E-state index in [1.807, 2.05) is 24.0 Å². The smallest absolute Gasteiger partial charge is 0.308 e. The van der Waals surface area contributed by atoms with Crippen LogP contribution in [-0.4, -0.2) is 38.4 Å². The van der Waals surface area contributed by atoms with Crippen molar-refractivity contribution in [3.05, 3.63) is 30.4 Å². The Morgan fingerprint density at radius 3 is 2.52 bits per heavy atom. The van der Waals surface area contributed by atoms with Crippen LogP contribution in [0.3, 0.4) is 0 Å². The highest BCUT2D eigenvalue weighted by molar-refractivity contribution is 5.71. The van der Waals surface area contributed by atoms with Gasteiger partial charge in [0.2, 0.25) is 0 Å². The van der Waals surface area contributed by atoms with E-state index in [1.165, 1.54) is 0 Å². The second kappa shape index (κ2) is 7.57. The van der Waals surface area contributed by atoms with Gasteiger partial charge in [-0.3, -0.25) is 4.79 Å². The second-order valence-corrected chi connectivity index (χ2v) is 5.11. The topological polar surface area (TPSA) is 59.0 Å². The molecule has 1 unspecified atom stereocenters. The largest absolute Gasteiger partial charge is 0.497 e. The predicted molar refractivity (Wildman–Crippen MR) is 83.4 cm³/mol. The molecule has 1 N–H and O–H groups in total. The molecule has 1 aromatic carbocycles. The van der Waals surface area contributed by atoms with Crippen LogP contribution in [0.15, 0.2) is 30.4 Å². The van der Waals surface area contributed by atoms with Crippen LogP contribution in [0.25, 0.3) is 0 Å². The van der Waals surface area contributed by atoms with E-state index in [1.54, 1.807) is 27.2 Å². The molecule has 1 rings (SSSR count). The number of carboxylic acids is 1. The fourth-order valence-corrected chi connectivity index (χ4v) is 2.03. The van der Waals surface area contributed by atoms with Gasteiger partial charge in [0.25, 0.3) is 0 Å². The van der Waals surface area contributed by atoms with Gasteiger partial charge in [-0.25, -0.2) is 0 Å². The van der Waals surface area contributed by atoms with Crippen LogP contribution < -0.4 is 14.4 Å². The predicted octanol–water partition coefficient (Wildman–Crippen LogP) is 2.81. The first-order valence-corrected chi connectivity index (χ1v) is 6.73. The molecule has 0 bridgehead atoms. The molecular weight excluding hydrogens is 270 g/mol. The summed E-state index contributed by atoms with van der Waals surface area (Å²) >= 11 is 0. The molecule has 0 spiro atoms. The maximum Gasteiger partial charge on any atom is 0.308 e. The molecule has 0 aliphatic heterocycles. The van der Waals surface area contributed by atoms with Crippen molar-refractivity contribution in [2.75, 3.05) is 32.2 Å². The van der Waals surface area contributed by atoms with Gasteiger partial charge < -0.3 is 19.5 Å². The van der Waals surface area contributed by atoms with Crippen molar-refractivity contribution in [1.29, 1.82) is 0 Å². The highest BCUT2D eigenvalue weighted by Crippen LogP contribution is 2.33. The number of carbonyl (C=O) groups is 1. The molecule has 0 radical (unpaired) electrons. The molecule has 1 aromatic rings. The Labute approximate surface area is 125 Å². The van der Waals surface area contributed by atoms with Gasteiger partial charge in [0.1, 0.15) is 11.5 Å². The molecule has 21 heavy (non-hydrogen) atoms. The molecule has 116 valence electrons. The van der Waals surface area contributed by atoms with Gasteiger partial charge in [-0.05, 0) is 19.1 Å². The van der Waals surface area contributed by atoms with Crippen LogP contribution in [0, 0.1) is 5.92 Å². The average Bonchev–Trinajstić information content (AvgIpc) is 2.45. The van der Waals surface area contributed by atoms with Gasteiger partial charge in [-0.1, -0.05) is 19.1 Å². The maximum atomic E-state index is 11.1. The summed E-state index contributed by atoms with van der Waals surface area (Å²) in [5.41, 5.74) is 1.78. The number of hydrogen-bond donors (Lipinski definition) is 1. The fraction of sp³-hybridized carbons (Fsp3) is 0.438. The average molecular weight is 293 g/mol.